The highest BCUT2D eigenvalue weighted by Gasteiger charge is 2.30. The van der Waals surface area contributed by atoms with Crippen LogP contribution in [0.1, 0.15) is 75.8 Å². The average Bonchev–Trinajstić information content (AvgIpc) is 2.99. The molecule has 0 aliphatic heterocycles. The molecule has 0 heterocycles. The molecule has 3 aromatic carbocycles. The van der Waals surface area contributed by atoms with Gasteiger partial charge in [-0.05, 0) is 61.1 Å². The molecule has 37 heavy (non-hydrogen) atoms. The maximum atomic E-state index is 5.42. The van der Waals surface area contributed by atoms with E-state index in [1.165, 1.54) is 86.5 Å². The number of hydrogen-bond donors (Lipinski definition) is 0. The molecule has 0 aromatic heterocycles. The molecule has 5 rings (SSSR count). The molecule has 0 saturated heterocycles. The molecular formula is C34H43NP2. The van der Waals surface area contributed by atoms with E-state index in [1.54, 1.807) is 0 Å². The van der Waals surface area contributed by atoms with Crippen LogP contribution < -0.4 is 10.6 Å². The Labute approximate surface area is 227 Å². The van der Waals surface area contributed by atoms with Gasteiger partial charge < -0.3 is 0 Å². The summed E-state index contributed by atoms with van der Waals surface area (Å²) in [6.45, 7) is 0. The maximum Gasteiger partial charge on any atom is 0.0790 e. The van der Waals surface area contributed by atoms with E-state index in [0.29, 0.717) is 0 Å². The molecule has 1 atom stereocenters. The van der Waals surface area contributed by atoms with Crippen LogP contribution in [0, 0.1) is 0 Å². The van der Waals surface area contributed by atoms with E-state index in [0.717, 1.165) is 17.5 Å². The van der Waals surface area contributed by atoms with Crippen LogP contribution in [0.2, 0.25) is 0 Å². The lowest BCUT2D eigenvalue weighted by atomic mass is 9.99. The van der Waals surface area contributed by atoms with Gasteiger partial charge in [-0.25, -0.2) is 0 Å². The Morgan fingerprint density at radius 3 is 1.57 bits per heavy atom. The van der Waals surface area contributed by atoms with Gasteiger partial charge in [0.05, 0.1) is 6.04 Å². The number of rotatable bonds is 10. The molecule has 2 saturated carbocycles. The molecule has 3 heteroatoms. The second kappa shape index (κ2) is 14.4. The predicted octanol–water partition coefficient (Wildman–Crippen LogP) is 9.08. The van der Waals surface area contributed by atoms with Crippen molar-refractivity contribution in [1.82, 2.24) is 0 Å². The van der Waals surface area contributed by atoms with Crippen molar-refractivity contribution in [2.24, 2.45) is 4.99 Å². The van der Waals surface area contributed by atoms with Crippen LogP contribution in [0.4, 0.5) is 0 Å². The highest BCUT2D eigenvalue weighted by atomic mass is 31.1. The molecular weight excluding hydrogens is 484 g/mol. The first-order valence-electron chi connectivity index (χ1n) is 14.6. The minimum absolute atomic E-state index is 0.0514. The van der Waals surface area contributed by atoms with Gasteiger partial charge in [0.2, 0.25) is 0 Å². The summed E-state index contributed by atoms with van der Waals surface area (Å²) in [7, 11) is -0.427. The van der Waals surface area contributed by atoms with Gasteiger partial charge in [0.15, 0.2) is 0 Å². The Morgan fingerprint density at radius 1 is 0.622 bits per heavy atom. The third-order valence-corrected chi connectivity index (χ3v) is 14.4. The summed E-state index contributed by atoms with van der Waals surface area (Å²) in [6, 6.07) is 33.6. The predicted molar refractivity (Wildman–Crippen MR) is 167 cm³/mol. The van der Waals surface area contributed by atoms with Gasteiger partial charge in [0.25, 0.3) is 0 Å². The Bertz CT molecular complexity index is 999. The van der Waals surface area contributed by atoms with Crippen molar-refractivity contribution in [3.05, 3.63) is 96.6 Å². The molecule has 0 unspecified atom stereocenters. The van der Waals surface area contributed by atoms with E-state index in [2.05, 4.69) is 97.2 Å². The molecule has 2 fully saturated rings. The van der Waals surface area contributed by atoms with E-state index >= 15 is 0 Å². The van der Waals surface area contributed by atoms with Crippen LogP contribution in [-0.2, 0) is 0 Å². The van der Waals surface area contributed by atoms with Crippen molar-refractivity contribution < 1.29 is 0 Å². The second-order valence-electron chi connectivity index (χ2n) is 10.8. The standard InChI is InChI=1S/C34H43NP2/c1-6-16-29(17-7-1)34(28-37(32-22-12-4-13-23-32)33-24-14-5-15-25-33)35-26-27-36(30-18-8-2-9-19-30)31-20-10-3-11-21-31/h1,4-7,12-17,22-26,30-31,34H,2-3,8-11,18-21,27-28H2/t34-/m1/s1. The molecule has 1 nitrogen and oxygen atoms in total. The SMILES string of the molecule is C(CP(C1CCCCC1)C1CCCCC1)=N[C@H](CP(c1ccccc1)c1ccccc1)c1ccccc1. The van der Waals surface area contributed by atoms with E-state index in [1.807, 2.05) is 0 Å². The average molecular weight is 528 g/mol. The first kappa shape index (κ1) is 26.8. The van der Waals surface area contributed by atoms with Crippen LogP contribution >= 0.6 is 15.8 Å². The second-order valence-corrected chi connectivity index (χ2v) is 15.9. The zero-order valence-corrected chi connectivity index (χ0v) is 24.1. The van der Waals surface area contributed by atoms with E-state index in [4.69, 9.17) is 4.99 Å². The fourth-order valence-corrected chi connectivity index (χ4v) is 12.3. The van der Waals surface area contributed by atoms with Gasteiger partial charge in [-0.1, -0.05) is 137 Å². The zero-order valence-electron chi connectivity index (χ0n) is 22.3. The molecule has 0 radical (unpaired) electrons. The van der Waals surface area contributed by atoms with Crippen molar-refractivity contribution in [3.63, 3.8) is 0 Å². The topological polar surface area (TPSA) is 12.4 Å². The summed E-state index contributed by atoms with van der Waals surface area (Å²) >= 11 is 0. The highest BCUT2D eigenvalue weighted by molar-refractivity contribution is 7.73. The van der Waals surface area contributed by atoms with Gasteiger partial charge >= 0.3 is 0 Å². The van der Waals surface area contributed by atoms with Crippen LogP contribution in [0.5, 0.6) is 0 Å². The van der Waals surface area contributed by atoms with E-state index in [9.17, 15) is 0 Å². The number of nitrogens with zero attached hydrogens (tertiary/aromatic N) is 1. The number of aliphatic imine (C=N–C) groups is 1. The quantitative estimate of drug-likeness (QED) is 0.184. The summed E-state index contributed by atoms with van der Waals surface area (Å²) in [4.78, 5) is 5.42. The Balaban J connectivity index is 1.39. The van der Waals surface area contributed by atoms with E-state index in [-0.39, 0.29) is 14.0 Å². The summed E-state index contributed by atoms with van der Waals surface area (Å²) in [5, 5.41) is 2.90. The van der Waals surface area contributed by atoms with Gasteiger partial charge in [0.1, 0.15) is 0 Å². The smallest absolute Gasteiger partial charge is 0.0790 e. The summed E-state index contributed by atoms with van der Waals surface area (Å²) in [5.74, 6) is 0. The lowest BCUT2D eigenvalue weighted by Gasteiger charge is -2.38. The minimum Gasteiger partial charge on any atom is -0.289 e. The van der Waals surface area contributed by atoms with Crippen LogP contribution in [0.15, 0.2) is 96.0 Å². The van der Waals surface area contributed by atoms with Crippen molar-refractivity contribution in [2.45, 2.75) is 81.6 Å². The minimum atomic E-state index is -0.478. The van der Waals surface area contributed by atoms with Crippen LogP contribution in [0.3, 0.4) is 0 Å². The van der Waals surface area contributed by atoms with Crippen molar-refractivity contribution in [2.75, 3.05) is 12.3 Å². The normalized spacial score (nSPS) is 18.5. The molecule has 0 bridgehead atoms. The molecule has 0 N–H and O–H groups in total. The lowest BCUT2D eigenvalue weighted by molar-refractivity contribution is 0.485. The highest BCUT2D eigenvalue weighted by Crippen LogP contribution is 2.55. The largest absolute Gasteiger partial charge is 0.289 e. The Hall–Kier alpha value is -1.81. The van der Waals surface area contributed by atoms with Crippen LogP contribution in [-0.4, -0.2) is 29.9 Å². The van der Waals surface area contributed by atoms with Gasteiger partial charge in [-0.15, -0.1) is 0 Å². The molecule has 0 spiro atoms. The molecule has 2 aliphatic rings. The first-order chi connectivity index (χ1) is 18.4. The Morgan fingerprint density at radius 2 is 1.08 bits per heavy atom. The Kier molecular flexibility index (Phi) is 10.4. The maximum absolute atomic E-state index is 5.42. The third kappa shape index (κ3) is 7.62. The summed E-state index contributed by atoms with van der Waals surface area (Å²) < 4.78 is 0. The summed E-state index contributed by atoms with van der Waals surface area (Å²) in [5.41, 5.74) is 3.33. The number of hydrogen-bond acceptors (Lipinski definition) is 1. The van der Waals surface area contributed by atoms with Crippen molar-refractivity contribution in [1.29, 1.82) is 0 Å². The van der Waals surface area contributed by atoms with Gasteiger partial charge in [-0.3, -0.25) is 4.99 Å². The van der Waals surface area contributed by atoms with Crippen molar-refractivity contribution >= 4 is 32.7 Å². The van der Waals surface area contributed by atoms with E-state index < -0.39 is 7.92 Å². The zero-order chi connectivity index (χ0) is 25.1. The molecule has 0 amide bonds. The monoisotopic (exact) mass is 527 g/mol. The number of benzene rings is 3. The lowest BCUT2D eigenvalue weighted by Crippen LogP contribution is -2.22. The third-order valence-electron chi connectivity index (χ3n) is 8.34. The molecule has 2 aliphatic carbocycles. The van der Waals surface area contributed by atoms with Gasteiger partial charge in [-0.2, -0.15) is 0 Å². The van der Waals surface area contributed by atoms with Crippen molar-refractivity contribution in [3.8, 4) is 0 Å². The first-order valence-corrected chi connectivity index (χ1v) is 17.8. The summed E-state index contributed by atoms with van der Waals surface area (Å²) in [6.07, 6.45) is 19.4. The van der Waals surface area contributed by atoms with Gasteiger partial charge in [0, 0.05) is 18.5 Å². The molecule has 3 aromatic rings. The van der Waals surface area contributed by atoms with Crippen LogP contribution in [0.25, 0.3) is 0 Å². The fraction of sp³-hybridized carbons (Fsp3) is 0.441. The fourth-order valence-electron chi connectivity index (χ4n) is 6.35. The molecule has 194 valence electrons.